The van der Waals surface area contributed by atoms with Gasteiger partial charge in [0.25, 0.3) is 0 Å². The Labute approximate surface area is 124 Å². The van der Waals surface area contributed by atoms with Crippen molar-refractivity contribution in [1.82, 2.24) is 5.32 Å². The van der Waals surface area contributed by atoms with Crippen LogP contribution in [0.4, 0.5) is 0 Å². The normalized spacial score (nSPS) is 33.5. The van der Waals surface area contributed by atoms with Gasteiger partial charge in [-0.1, -0.05) is 0 Å². The Morgan fingerprint density at radius 1 is 1.20 bits per heavy atom. The summed E-state index contributed by atoms with van der Waals surface area (Å²) < 4.78 is 24.2. The van der Waals surface area contributed by atoms with E-state index in [4.69, 9.17) is 0 Å². The third-order valence-electron chi connectivity index (χ3n) is 5.09. The Morgan fingerprint density at radius 2 is 1.75 bits per heavy atom. The molecule has 118 valence electrons. The lowest BCUT2D eigenvalue weighted by Gasteiger charge is -2.35. The Balaban J connectivity index is 1.98. The molecule has 2 aliphatic carbocycles. The molecular formula is C16H31NO2S. The van der Waals surface area contributed by atoms with Gasteiger partial charge in [0.1, 0.15) is 0 Å². The highest BCUT2D eigenvalue weighted by molar-refractivity contribution is 7.91. The fourth-order valence-electron chi connectivity index (χ4n) is 3.49. The molecule has 0 saturated heterocycles. The summed E-state index contributed by atoms with van der Waals surface area (Å²) in [7, 11) is -2.91. The van der Waals surface area contributed by atoms with Crippen molar-refractivity contribution in [2.45, 2.75) is 71.1 Å². The highest BCUT2D eigenvalue weighted by Gasteiger charge is 2.53. The lowest BCUT2D eigenvalue weighted by atomic mass is 9.79. The van der Waals surface area contributed by atoms with Gasteiger partial charge < -0.3 is 5.32 Å². The monoisotopic (exact) mass is 301 g/mol. The maximum Gasteiger partial charge on any atom is 0.152 e. The quantitative estimate of drug-likeness (QED) is 0.820. The van der Waals surface area contributed by atoms with Crippen LogP contribution in [0.2, 0.25) is 0 Å². The van der Waals surface area contributed by atoms with Gasteiger partial charge in [0, 0.05) is 12.1 Å². The molecule has 0 bridgehead atoms. The number of fused-ring (bicyclic) bond motifs is 1. The molecule has 20 heavy (non-hydrogen) atoms. The van der Waals surface area contributed by atoms with E-state index >= 15 is 0 Å². The van der Waals surface area contributed by atoms with Gasteiger partial charge in [0.05, 0.1) is 11.0 Å². The zero-order valence-electron chi connectivity index (χ0n) is 13.7. The van der Waals surface area contributed by atoms with Crippen molar-refractivity contribution in [3.05, 3.63) is 0 Å². The van der Waals surface area contributed by atoms with Crippen LogP contribution in [0.25, 0.3) is 0 Å². The summed E-state index contributed by atoms with van der Waals surface area (Å²) in [6, 6.07) is 0. The molecule has 0 aromatic heterocycles. The van der Waals surface area contributed by atoms with E-state index in [1.807, 2.05) is 0 Å². The number of nitrogens with one attached hydrogen (secondary N) is 1. The number of sulfone groups is 1. The van der Waals surface area contributed by atoms with Crippen molar-refractivity contribution in [1.29, 1.82) is 0 Å². The van der Waals surface area contributed by atoms with Crippen LogP contribution in [0.5, 0.6) is 0 Å². The number of hydrogen-bond donors (Lipinski definition) is 1. The summed E-state index contributed by atoms with van der Waals surface area (Å²) in [6.45, 7) is 11.1. The van der Waals surface area contributed by atoms with Crippen LogP contribution < -0.4 is 5.32 Å². The van der Waals surface area contributed by atoms with Crippen molar-refractivity contribution in [3.63, 3.8) is 0 Å². The van der Waals surface area contributed by atoms with E-state index in [1.165, 1.54) is 19.3 Å². The first-order chi connectivity index (χ1) is 9.03. The van der Waals surface area contributed by atoms with Crippen molar-refractivity contribution >= 4 is 9.84 Å². The molecular weight excluding hydrogens is 270 g/mol. The molecule has 1 N–H and O–H groups in total. The standard InChI is InChI=1S/C16H31NO2S/c1-12(2)20(18,19)7-6-16(11-17-15(3,4)5)9-13-8-14(13)10-16/h12-14,17H,6-11H2,1-5H3. The van der Waals surface area contributed by atoms with Gasteiger partial charge in [0.15, 0.2) is 9.84 Å². The zero-order valence-corrected chi connectivity index (χ0v) is 14.5. The van der Waals surface area contributed by atoms with Gasteiger partial charge in [-0.3, -0.25) is 0 Å². The molecule has 4 heteroatoms. The van der Waals surface area contributed by atoms with Crippen molar-refractivity contribution in [2.75, 3.05) is 12.3 Å². The largest absolute Gasteiger partial charge is 0.312 e. The topological polar surface area (TPSA) is 46.2 Å². The van der Waals surface area contributed by atoms with E-state index in [-0.39, 0.29) is 16.2 Å². The summed E-state index contributed by atoms with van der Waals surface area (Å²) in [5.74, 6) is 2.13. The van der Waals surface area contributed by atoms with Gasteiger partial charge in [0.2, 0.25) is 0 Å². The molecule has 0 aliphatic heterocycles. The van der Waals surface area contributed by atoms with Gasteiger partial charge >= 0.3 is 0 Å². The van der Waals surface area contributed by atoms with Gasteiger partial charge in [-0.2, -0.15) is 0 Å². The minimum Gasteiger partial charge on any atom is -0.312 e. The Hall–Kier alpha value is -0.0900. The average Bonchev–Trinajstić information content (AvgIpc) is 2.92. The van der Waals surface area contributed by atoms with Crippen LogP contribution in [0.15, 0.2) is 0 Å². The summed E-state index contributed by atoms with van der Waals surface area (Å²) >= 11 is 0. The second-order valence-electron chi connectivity index (χ2n) is 8.43. The van der Waals surface area contributed by atoms with Crippen LogP contribution in [0.3, 0.4) is 0 Å². The van der Waals surface area contributed by atoms with E-state index in [0.29, 0.717) is 5.75 Å². The van der Waals surface area contributed by atoms with E-state index in [1.54, 1.807) is 13.8 Å². The molecule has 2 atom stereocenters. The zero-order chi connectivity index (χ0) is 15.2. The third-order valence-corrected chi connectivity index (χ3v) is 7.30. The molecule has 0 amide bonds. The number of rotatable bonds is 6. The Bertz CT molecular complexity index is 438. The smallest absolute Gasteiger partial charge is 0.152 e. The molecule has 3 nitrogen and oxygen atoms in total. The molecule has 2 unspecified atom stereocenters. The van der Waals surface area contributed by atoms with Gasteiger partial charge in [-0.25, -0.2) is 8.42 Å². The molecule has 2 fully saturated rings. The third kappa shape index (κ3) is 3.97. The van der Waals surface area contributed by atoms with Crippen molar-refractivity contribution in [2.24, 2.45) is 17.3 Å². The van der Waals surface area contributed by atoms with Crippen molar-refractivity contribution in [3.8, 4) is 0 Å². The van der Waals surface area contributed by atoms with Gasteiger partial charge in [-0.05, 0) is 77.6 Å². The maximum absolute atomic E-state index is 12.1. The summed E-state index contributed by atoms with van der Waals surface area (Å²) in [5.41, 5.74) is 0.333. The minimum atomic E-state index is -2.91. The predicted octanol–water partition coefficient (Wildman–Crippen LogP) is 3.00. The summed E-state index contributed by atoms with van der Waals surface area (Å²) in [4.78, 5) is 0. The predicted molar refractivity (Wildman–Crippen MR) is 84.6 cm³/mol. The summed E-state index contributed by atoms with van der Waals surface area (Å²) in [6.07, 6.45) is 4.68. The van der Waals surface area contributed by atoms with Crippen LogP contribution in [-0.4, -0.2) is 31.5 Å². The lowest BCUT2D eigenvalue weighted by Crippen LogP contribution is -2.44. The van der Waals surface area contributed by atoms with Crippen LogP contribution in [0.1, 0.15) is 60.3 Å². The first-order valence-corrected chi connectivity index (χ1v) is 9.71. The van der Waals surface area contributed by atoms with Crippen LogP contribution >= 0.6 is 0 Å². The Kier molecular flexibility index (Phi) is 4.29. The van der Waals surface area contributed by atoms with Crippen LogP contribution in [0, 0.1) is 17.3 Å². The second-order valence-corrected chi connectivity index (χ2v) is 11.1. The molecule has 2 saturated carbocycles. The highest BCUT2D eigenvalue weighted by Crippen LogP contribution is 2.61. The van der Waals surface area contributed by atoms with E-state index in [9.17, 15) is 8.42 Å². The second kappa shape index (κ2) is 5.28. The average molecular weight is 301 g/mol. The molecule has 2 aliphatic rings. The highest BCUT2D eigenvalue weighted by atomic mass is 32.2. The first kappa shape index (κ1) is 16.3. The van der Waals surface area contributed by atoms with E-state index in [2.05, 4.69) is 26.1 Å². The molecule has 0 spiro atoms. The lowest BCUT2D eigenvalue weighted by molar-refractivity contribution is 0.216. The molecule has 0 aromatic rings. The molecule has 2 rings (SSSR count). The van der Waals surface area contributed by atoms with E-state index in [0.717, 1.165) is 24.8 Å². The molecule has 0 heterocycles. The SMILES string of the molecule is CC(C)S(=O)(=O)CCC1(CNC(C)(C)C)CC2CC2C1. The van der Waals surface area contributed by atoms with Gasteiger partial charge in [-0.15, -0.1) is 0 Å². The van der Waals surface area contributed by atoms with Crippen molar-refractivity contribution < 1.29 is 8.42 Å². The summed E-state index contributed by atoms with van der Waals surface area (Å²) in [5, 5.41) is 3.37. The fourth-order valence-corrected chi connectivity index (χ4v) is 4.68. The maximum atomic E-state index is 12.1. The van der Waals surface area contributed by atoms with E-state index < -0.39 is 9.84 Å². The van der Waals surface area contributed by atoms with Crippen LogP contribution in [-0.2, 0) is 9.84 Å². The minimum absolute atomic E-state index is 0.108. The fraction of sp³-hybridized carbons (Fsp3) is 1.00. The first-order valence-electron chi connectivity index (χ1n) is 8.00. The molecule has 0 radical (unpaired) electrons. The Morgan fingerprint density at radius 3 is 2.20 bits per heavy atom. The number of hydrogen-bond acceptors (Lipinski definition) is 3. The molecule has 0 aromatic carbocycles.